The van der Waals surface area contributed by atoms with Crippen LogP contribution in [0.15, 0.2) is 42.6 Å². The maximum absolute atomic E-state index is 13.8. The lowest BCUT2D eigenvalue weighted by molar-refractivity contribution is -0.145. The summed E-state index contributed by atoms with van der Waals surface area (Å²) in [5.41, 5.74) is 8.65. The van der Waals surface area contributed by atoms with Gasteiger partial charge in [0.25, 0.3) is 0 Å². The van der Waals surface area contributed by atoms with E-state index in [2.05, 4.69) is 38.2 Å². The number of piperazine rings is 1. The summed E-state index contributed by atoms with van der Waals surface area (Å²) in [5.74, 6) is 2.98. The molecule has 3 amide bonds. The summed E-state index contributed by atoms with van der Waals surface area (Å²) in [6.45, 7) is 6.91. The third-order valence-electron chi connectivity index (χ3n) is 11.3. The molecule has 9 nitrogen and oxygen atoms in total. The Balaban J connectivity index is 0.947. The minimum absolute atomic E-state index is 0.0307. The number of rotatable bonds is 6. The molecular formula is C33H43N7O2. The van der Waals surface area contributed by atoms with Crippen LogP contribution in [0.1, 0.15) is 44.9 Å². The number of hydrogen-bond acceptors (Lipinski definition) is 6. The van der Waals surface area contributed by atoms with Crippen LogP contribution in [0, 0.1) is 29.1 Å². The first-order valence-corrected chi connectivity index (χ1v) is 16.1. The van der Waals surface area contributed by atoms with E-state index in [4.69, 9.17) is 10.7 Å². The van der Waals surface area contributed by atoms with Gasteiger partial charge in [0.1, 0.15) is 5.82 Å². The number of carbonyl (C=O) groups excluding carboxylic acids is 2. The van der Waals surface area contributed by atoms with Crippen molar-refractivity contribution in [2.24, 2.45) is 34.8 Å². The second-order valence-corrected chi connectivity index (χ2v) is 14.0. The number of urea groups is 1. The number of nitrogens with zero attached hydrogens (tertiary/aromatic N) is 5. The van der Waals surface area contributed by atoms with Crippen molar-refractivity contribution in [1.82, 2.24) is 15.2 Å². The maximum Gasteiger partial charge on any atom is 0.322 e. The highest BCUT2D eigenvalue weighted by atomic mass is 16.2. The average Bonchev–Trinajstić information content (AvgIpc) is 3.82. The number of benzene rings is 1. The fourth-order valence-electron chi connectivity index (χ4n) is 9.17. The minimum atomic E-state index is -0.344. The molecule has 3 heterocycles. The highest BCUT2D eigenvalue weighted by molar-refractivity contribution is 5.98. The first-order chi connectivity index (χ1) is 20.5. The standard InChI is InChI=1S/C33H43N7O2/c34-31(41)33-17-23-15-24(18-33)30(25(16-23)19-33)36-32(42)40-14-13-39(27-3-1-2-4-28(27)40)29-8-7-26(20-35-29)38-11-9-37(10-12-38)21-22-5-6-22/h1-4,7-8,20,22-25,30H,5-6,9-19,21H2,(H2,34,41)(H,36,42)/t23?,24-,25+,30?,33?. The number of amides is 3. The van der Waals surface area contributed by atoms with Gasteiger partial charge < -0.3 is 20.9 Å². The summed E-state index contributed by atoms with van der Waals surface area (Å²) in [6.07, 6.45) is 9.61. The predicted octanol–water partition coefficient (Wildman–Crippen LogP) is 3.96. The number of aromatic nitrogens is 1. The Hall–Kier alpha value is -3.33. The number of hydrogen-bond donors (Lipinski definition) is 2. The number of anilines is 4. The van der Waals surface area contributed by atoms with E-state index in [1.165, 1.54) is 25.1 Å². The summed E-state index contributed by atoms with van der Waals surface area (Å²) in [5, 5.41) is 3.44. The number of fused-ring (bicyclic) bond motifs is 1. The molecule has 0 spiro atoms. The van der Waals surface area contributed by atoms with Gasteiger partial charge in [0.2, 0.25) is 5.91 Å². The fraction of sp³-hybridized carbons (Fsp3) is 0.606. The number of nitrogens with two attached hydrogens (primary N) is 1. The largest absolute Gasteiger partial charge is 0.369 e. The molecule has 2 aromatic rings. The third kappa shape index (κ3) is 4.60. The molecule has 6 fully saturated rings. The molecule has 4 bridgehead atoms. The van der Waals surface area contributed by atoms with Crippen molar-refractivity contribution in [2.75, 3.05) is 60.5 Å². The Bertz CT molecular complexity index is 1340. The molecule has 3 unspecified atom stereocenters. The molecule has 9 heteroatoms. The van der Waals surface area contributed by atoms with Crippen LogP contribution < -0.4 is 25.8 Å². The van der Waals surface area contributed by atoms with Crippen molar-refractivity contribution in [2.45, 2.75) is 51.0 Å². The molecule has 1 saturated heterocycles. The van der Waals surface area contributed by atoms with E-state index in [0.717, 1.165) is 81.4 Å². The molecule has 1 aromatic carbocycles. The Kier molecular flexibility index (Phi) is 6.35. The molecule has 9 rings (SSSR count). The molecule has 5 aliphatic carbocycles. The van der Waals surface area contributed by atoms with E-state index in [0.29, 0.717) is 30.8 Å². The van der Waals surface area contributed by atoms with Gasteiger partial charge in [0.15, 0.2) is 0 Å². The Morgan fingerprint density at radius 2 is 1.64 bits per heavy atom. The van der Waals surface area contributed by atoms with Gasteiger partial charge in [-0.3, -0.25) is 14.6 Å². The Morgan fingerprint density at radius 1 is 0.905 bits per heavy atom. The number of pyridine rings is 1. The van der Waals surface area contributed by atoms with Crippen LogP contribution in [-0.2, 0) is 4.79 Å². The minimum Gasteiger partial charge on any atom is -0.369 e. The van der Waals surface area contributed by atoms with Crippen molar-refractivity contribution < 1.29 is 9.59 Å². The van der Waals surface area contributed by atoms with Crippen LogP contribution in [0.2, 0.25) is 0 Å². The lowest BCUT2D eigenvalue weighted by Gasteiger charge is -2.59. The van der Waals surface area contributed by atoms with Crippen molar-refractivity contribution in [3.63, 3.8) is 0 Å². The molecule has 7 aliphatic rings. The second kappa shape index (κ2) is 10.1. The van der Waals surface area contributed by atoms with E-state index in [-0.39, 0.29) is 23.4 Å². The van der Waals surface area contributed by atoms with Gasteiger partial charge in [-0.15, -0.1) is 0 Å². The number of primary amides is 1. The molecule has 0 radical (unpaired) electrons. The highest BCUT2D eigenvalue weighted by Gasteiger charge is 2.58. The van der Waals surface area contributed by atoms with Crippen molar-refractivity contribution in [3.05, 3.63) is 42.6 Å². The summed E-state index contributed by atoms with van der Waals surface area (Å²) in [7, 11) is 0. The Labute approximate surface area is 248 Å². The zero-order valence-electron chi connectivity index (χ0n) is 24.5. The first-order valence-electron chi connectivity index (χ1n) is 16.1. The van der Waals surface area contributed by atoms with Gasteiger partial charge >= 0.3 is 6.03 Å². The van der Waals surface area contributed by atoms with E-state index in [1.807, 2.05) is 29.3 Å². The highest BCUT2D eigenvalue weighted by Crippen LogP contribution is 2.60. The van der Waals surface area contributed by atoms with Crippen molar-refractivity contribution >= 4 is 34.8 Å². The van der Waals surface area contributed by atoms with Crippen molar-refractivity contribution in [1.29, 1.82) is 0 Å². The molecule has 42 heavy (non-hydrogen) atoms. The number of nitrogens with one attached hydrogen (secondary N) is 1. The van der Waals surface area contributed by atoms with E-state index in [1.54, 1.807) is 0 Å². The van der Waals surface area contributed by atoms with Crippen LogP contribution in [0.3, 0.4) is 0 Å². The number of carbonyl (C=O) groups is 2. The summed E-state index contributed by atoms with van der Waals surface area (Å²) >= 11 is 0. The molecule has 5 saturated carbocycles. The van der Waals surface area contributed by atoms with Crippen LogP contribution in [0.5, 0.6) is 0 Å². The van der Waals surface area contributed by atoms with E-state index >= 15 is 0 Å². The second-order valence-electron chi connectivity index (χ2n) is 14.0. The van der Waals surface area contributed by atoms with Crippen LogP contribution in [0.25, 0.3) is 0 Å². The lowest BCUT2D eigenvalue weighted by atomic mass is 9.47. The molecular weight excluding hydrogens is 526 g/mol. The van der Waals surface area contributed by atoms with Gasteiger partial charge in [0, 0.05) is 57.3 Å². The van der Waals surface area contributed by atoms with Crippen LogP contribution in [0.4, 0.5) is 27.7 Å². The van der Waals surface area contributed by atoms with Gasteiger partial charge in [-0.25, -0.2) is 9.78 Å². The zero-order valence-corrected chi connectivity index (χ0v) is 24.5. The number of para-hydroxylation sites is 2. The monoisotopic (exact) mass is 569 g/mol. The topological polar surface area (TPSA) is 98.0 Å². The molecule has 222 valence electrons. The van der Waals surface area contributed by atoms with Gasteiger partial charge in [-0.2, -0.15) is 0 Å². The van der Waals surface area contributed by atoms with Gasteiger partial charge in [-0.1, -0.05) is 12.1 Å². The van der Waals surface area contributed by atoms with Crippen LogP contribution in [-0.4, -0.2) is 73.7 Å². The lowest BCUT2D eigenvalue weighted by Crippen LogP contribution is -2.63. The SMILES string of the molecule is NC(=O)C12CC3C[C@H](C1)C(NC(=O)N1CCN(c4ccc(N5CCN(CC6CC6)CC5)cn4)c4ccccc41)[C@@H](C3)C2. The maximum atomic E-state index is 13.8. The van der Waals surface area contributed by atoms with Crippen molar-refractivity contribution in [3.8, 4) is 0 Å². The molecule has 5 atom stereocenters. The first kappa shape index (κ1) is 26.3. The average molecular weight is 570 g/mol. The predicted molar refractivity (Wildman–Crippen MR) is 164 cm³/mol. The zero-order chi connectivity index (χ0) is 28.4. The summed E-state index contributed by atoms with van der Waals surface area (Å²) < 4.78 is 0. The molecule has 2 aliphatic heterocycles. The third-order valence-corrected chi connectivity index (χ3v) is 11.3. The van der Waals surface area contributed by atoms with Crippen LogP contribution >= 0.6 is 0 Å². The Morgan fingerprint density at radius 3 is 2.31 bits per heavy atom. The summed E-state index contributed by atoms with van der Waals surface area (Å²) in [6, 6.07) is 12.6. The van der Waals surface area contributed by atoms with Gasteiger partial charge in [-0.05, 0) is 92.9 Å². The van der Waals surface area contributed by atoms with E-state index in [9.17, 15) is 9.59 Å². The van der Waals surface area contributed by atoms with Gasteiger partial charge in [0.05, 0.1) is 23.3 Å². The quantitative estimate of drug-likeness (QED) is 0.547. The smallest absolute Gasteiger partial charge is 0.322 e. The molecule has 3 N–H and O–H groups in total. The fourth-order valence-corrected chi connectivity index (χ4v) is 9.17. The van der Waals surface area contributed by atoms with E-state index < -0.39 is 0 Å². The molecule has 1 aromatic heterocycles. The normalized spacial score (nSPS) is 32.1. The summed E-state index contributed by atoms with van der Waals surface area (Å²) in [4.78, 5) is 40.3.